The molecule has 8 N–H and O–H groups in total. The Hall–Kier alpha value is -1.48. The minimum atomic E-state index is -5.64. The van der Waals surface area contributed by atoms with E-state index in [0.717, 1.165) is 0 Å². The van der Waals surface area contributed by atoms with Gasteiger partial charge in [0, 0.05) is 19.1 Å². The highest BCUT2D eigenvalue weighted by molar-refractivity contribution is 7.66. The van der Waals surface area contributed by atoms with E-state index < -0.39 is 41.9 Å². The van der Waals surface area contributed by atoms with E-state index in [0.29, 0.717) is 5.69 Å². The number of carbonyl (C=O) groups is 1. The molecule has 1 aliphatic rings. The second-order valence-corrected chi connectivity index (χ2v) is 10.6. The Labute approximate surface area is 174 Å². The molecule has 0 fully saturated rings. The molecule has 1 aromatic rings. The number of imidazole rings is 1. The number of hydrogen-bond donors (Lipinski definition) is 7. The highest BCUT2D eigenvalue weighted by Gasteiger charge is 2.41. The summed E-state index contributed by atoms with van der Waals surface area (Å²) in [6.07, 6.45) is 1.26. The van der Waals surface area contributed by atoms with Crippen LogP contribution in [0, 0.1) is 5.92 Å². The Morgan fingerprint density at radius 1 is 1.19 bits per heavy atom. The van der Waals surface area contributed by atoms with Gasteiger partial charge in [-0.15, -0.1) is 0 Å². The Balaban J connectivity index is 2.08. The van der Waals surface area contributed by atoms with Gasteiger partial charge in [-0.2, -0.15) is 13.6 Å². The zero-order valence-corrected chi connectivity index (χ0v) is 18.2. The molecule has 176 valence electrons. The molecule has 0 saturated heterocycles. The predicted molar refractivity (Wildman–Crippen MR) is 100 cm³/mol. The number of aliphatic imine (C=N–C) groups is 1. The maximum absolute atomic E-state index is 11.9. The van der Waals surface area contributed by atoms with Crippen molar-refractivity contribution in [2.45, 2.75) is 19.4 Å². The van der Waals surface area contributed by atoms with E-state index in [1.54, 1.807) is 0 Å². The minimum absolute atomic E-state index is 0.00360. The highest BCUT2D eigenvalue weighted by atomic mass is 31.3. The fourth-order valence-electron chi connectivity index (χ4n) is 2.48. The number of aromatic nitrogens is 2. The van der Waals surface area contributed by atoms with Crippen LogP contribution in [-0.4, -0.2) is 59.3 Å². The van der Waals surface area contributed by atoms with Gasteiger partial charge in [0.25, 0.3) is 0 Å². The number of hydrogen-bond acceptors (Lipinski definition) is 11. The van der Waals surface area contributed by atoms with Crippen molar-refractivity contribution in [2.24, 2.45) is 16.6 Å². The molecule has 3 atom stereocenters. The number of nitrogens with zero attached hydrogens (tertiary/aromatic N) is 3. The molecule has 0 bridgehead atoms. The summed E-state index contributed by atoms with van der Waals surface area (Å²) in [6.45, 7) is -0.968. The summed E-state index contributed by atoms with van der Waals surface area (Å²) in [5.41, 5.74) is 5.90. The van der Waals surface area contributed by atoms with Gasteiger partial charge in [-0.3, -0.25) is 14.6 Å². The number of rotatable bonds is 11. The Kier molecular flexibility index (Phi) is 8.30. The van der Waals surface area contributed by atoms with Crippen LogP contribution in [0.1, 0.15) is 12.1 Å². The average molecular weight is 507 g/mol. The van der Waals surface area contributed by atoms with Gasteiger partial charge in [0.2, 0.25) is 11.9 Å². The van der Waals surface area contributed by atoms with Crippen LogP contribution in [0.3, 0.4) is 0 Å². The van der Waals surface area contributed by atoms with E-state index in [4.69, 9.17) is 20.4 Å². The van der Waals surface area contributed by atoms with Crippen molar-refractivity contribution < 1.29 is 56.3 Å². The van der Waals surface area contributed by atoms with E-state index in [9.17, 15) is 28.5 Å². The van der Waals surface area contributed by atoms with Gasteiger partial charge in [-0.25, -0.2) is 18.7 Å². The number of phosphoric ester groups is 1. The van der Waals surface area contributed by atoms with Gasteiger partial charge in [-0.05, 0) is 6.42 Å². The highest BCUT2D eigenvalue weighted by Crippen LogP contribution is 2.66. The first-order chi connectivity index (χ1) is 14.2. The molecule has 31 heavy (non-hydrogen) atoms. The van der Waals surface area contributed by atoms with Crippen molar-refractivity contribution in [3.8, 4) is 0 Å². The van der Waals surface area contributed by atoms with Crippen molar-refractivity contribution in [2.75, 3.05) is 13.2 Å². The van der Waals surface area contributed by atoms with Gasteiger partial charge in [0.1, 0.15) is 0 Å². The smallest absolute Gasteiger partial charge is 0.396 e. The summed E-state index contributed by atoms with van der Waals surface area (Å²) in [5.74, 6) is -1.06. The SMILES string of the molecule is NC1=Nc2c(ncn2CC(CCO)COP(=O)(O)OP(=O)(O)OP(=O)(O)O)CC(=O)N1. The number of nitrogens with one attached hydrogen (secondary N) is 1. The van der Waals surface area contributed by atoms with E-state index in [2.05, 4.69) is 28.4 Å². The number of aliphatic hydroxyl groups excluding tert-OH is 1. The summed E-state index contributed by atoms with van der Waals surface area (Å²) in [6, 6.07) is 0. The summed E-state index contributed by atoms with van der Waals surface area (Å²) in [4.78, 5) is 55.5. The van der Waals surface area contributed by atoms with E-state index in [1.807, 2.05) is 0 Å². The number of aliphatic hydroxyl groups is 1. The molecule has 0 radical (unpaired) electrons. The lowest BCUT2D eigenvalue weighted by Gasteiger charge is -2.20. The molecule has 20 heteroatoms. The topological polar surface area (TPSA) is 265 Å². The molecule has 1 aromatic heterocycles. The van der Waals surface area contributed by atoms with Gasteiger partial charge >= 0.3 is 23.5 Å². The number of fused-ring (bicyclic) bond motifs is 1. The Morgan fingerprint density at radius 2 is 1.87 bits per heavy atom. The molecule has 1 aliphatic heterocycles. The van der Waals surface area contributed by atoms with Crippen LogP contribution in [0.25, 0.3) is 0 Å². The van der Waals surface area contributed by atoms with Crippen LogP contribution in [0.2, 0.25) is 0 Å². The zero-order valence-electron chi connectivity index (χ0n) is 15.5. The predicted octanol–water partition coefficient (Wildman–Crippen LogP) is -1.16. The van der Waals surface area contributed by atoms with Gasteiger partial charge in [-0.1, -0.05) is 0 Å². The lowest BCUT2D eigenvalue weighted by molar-refractivity contribution is -0.119. The third-order valence-electron chi connectivity index (χ3n) is 3.59. The van der Waals surface area contributed by atoms with Crippen molar-refractivity contribution in [3.63, 3.8) is 0 Å². The molecule has 0 aromatic carbocycles. The number of amides is 1. The minimum Gasteiger partial charge on any atom is -0.396 e. The first-order valence-electron chi connectivity index (χ1n) is 8.27. The van der Waals surface area contributed by atoms with Crippen molar-refractivity contribution in [3.05, 3.63) is 12.0 Å². The summed E-state index contributed by atoms with van der Waals surface area (Å²) in [7, 11) is -16.4. The van der Waals surface area contributed by atoms with Crippen molar-refractivity contribution in [1.82, 2.24) is 14.9 Å². The van der Waals surface area contributed by atoms with Gasteiger partial charge in [0.05, 0.1) is 25.0 Å². The van der Waals surface area contributed by atoms with Crippen LogP contribution in [0.15, 0.2) is 11.3 Å². The lowest BCUT2D eigenvalue weighted by atomic mass is 10.1. The standard InChI is InChI=1S/C11H20N5O12P3/c12-11-14-9(18)3-8-10(15-11)16(6-13-8)4-7(1-2-17)5-26-30(22,23)28-31(24,25)27-29(19,20)21/h6-7,17H,1-5H2,(H,22,23)(H,24,25)(H2,19,20,21)(H3,12,14,15,18). The van der Waals surface area contributed by atoms with Crippen LogP contribution in [-0.2, 0) is 44.6 Å². The number of guanidine groups is 1. The monoisotopic (exact) mass is 507 g/mol. The number of nitrogens with two attached hydrogens (primary N) is 1. The second-order valence-electron chi connectivity index (χ2n) is 6.15. The van der Waals surface area contributed by atoms with E-state index in [-0.39, 0.29) is 37.8 Å². The molecule has 0 aliphatic carbocycles. The summed E-state index contributed by atoms with van der Waals surface area (Å²) >= 11 is 0. The second kappa shape index (κ2) is 9.98. The third-order valence-corrected chi connectivity index (χ3v) is 7.39. The molecule has 17 nitrogen and oxygen atoms in total. The first-order valence-corrected chi connectivity index (χ1v) is 12.8. The maximum Gasteiger partial charge on any atom is 0.490 e. The largest absolute Gasteiger partial charge is 0.490 e. The average Bonchev–Trinajstić information content (AvgIpc) is 2.83. The Bertz CT molecular complexity index is 989. The number of carbonyl (C=O) groups excluding carboxylic acids is 1. The maximum atomic E-state index is 11.9. The fraction of sp³-hybridized carbons (Fsp3) is 0.545. The normalized spacial score (nSPS) is 19.4. The van der Waals surface area contributed by atoms with Gasteiger partial charge < -0.3 is 35.0 Å². The molecule has 3 unspecified atom stereocenters. The zero-order chi connectivity index (χ0) is 23.4. The van der Waals surface area contributed by atoms with Crippen LogP contribution in [0.5, 0.6) is 0 Å². The molecular weight excluding hydrogens is 487 g/mol. The van der Waals surface area contributed by atoms with Crippen LogP contribution in [0.4, 0.5) is 5.82 Å². The lowest BCUT2D eigenvalue weighted by Crippen LogP contribution is -2.36. The molecule has 2 rings (SSSR count). The summed E-state index contributed by atoms with van der Waals surface area (Å²) in [5, 5.41) is 11.6. The van der Waals surface area contributed by atoms with E-state index >= 15 is 0 Å². The molecular formula is C11H20N5O12P3. The molecule has 0 saturated carbocycles. The van der Waals surface area contributed by atoms with Crippen LogP contribution >= 0.6 is 23.5 Å². The number of phosphoric acid groups is 3. The first kappa shape index (κ1) is 25.8. The molecule has 1 amide bonds. The third kappa shape index (κ3) is 8.52. The quantitative estimate of drug-likeness (QED) is 0.174. The van der Waals surface area contributed by atoms with Crippen molar-refractivity contribution in [1.29, 1.82) is 0 Å². The summed E-state index contributed by atoms with van der Waals surface area (Å²) < 4.78 is 47.2. The molecule has 0 spiro atoms. The molecule has 2 heterocycles. The Morgan fingerprint density at radius 3 is 2.48 bits per heavy atom. The van der Waals surface area contributed by atoms with Crippen LogP contribution < -0.4 is 11.1 Å². The fourth-order valence-corrected chi connectivity index (χ4v) is 5.57. The van der Waals surface area contributed by atoms with Crippen molar-refractivity contribution >= 4 is 41.2 Å². The van der Waals surface area contributed by atoms with Gasteiger partial charge in [0.15, 0.2) is 5.82 Å². The van der Waals surface area contributed by atoms with E-state index in [1.165, 1.54) is 10.9 Å².